The lowest BCUT2D eigenvalue weighted by Gasteiger charge is -2.07. The lowest BCUT2D eigenvalue weighted by atomic mass is 10.1. The van der Waals surface area contributed by atoms with E-state index in [0.29, 0.717) is 11.3 Å². The second-order valence-electron chi connectivity index (χ2n) is 5.15. The molecule has 0 radical (unpaired) electrons. The monoisotopic (exact) mass is 382 g/mol. The molecule has 0 saturated heterocycles. The first-order valence-corrected chi connectivity index (χ1v) is 8.12. The quantitative estimate of drug-likeness (QED) is 0.537. The van der Waals surface area contributed by atoms with E-state index in [1.807, 2.05) is 42.5 Å². The Labute approximate surface area is 148 Å². The second-order valence-corrected chi connectivity index (χ2v) is 6.07. The van der Waals surface area contributed by atoms with E-state index in [1.54, 1.807) is 18.3 Å². The van der Waals surface area contributed by atoms with Crippen LogP contribution in [0.5, 0.6) is 5.75 Å². The minimum atomic E-state index is -0.329. The van der Waals surface area contributed by atoms with E-state index < -0.39 is 0 Å². The molecule has 5 heteroatoms. The fourth-order valence-corrected chi connectivity index (χ4v) is 2.73. The van der Waals surface area contributed by atoms with Gasteiger partial charge in [0.15, 0.2) is 0 Å². The summed E-state index contributed by atoms with van der Waals surface area (Å²) in [5.41, 5.74) is 3.86. The van der Waals surface area contributed by atoms with Crippen LogP contribution in [0.2, 0.25) is 0 Å². The van der Waals surface area contributed by atoms with Crippen LogP contribution in [0.4, 0.5) is 0 Å². The number of nitrogens with one attached hydrogen (secondary N) is 1. The molecule has 0 unspecified atom stereocenters. The summed E-state index contributed by atoms with van der Waals surface area (Å²) < 4.78 is 6.00. The van der Waals surface area contributed by atoms with Gasteiger partial charge in [-0.15, -0.1) is 0 Å². The molecule has 0 aliphatic rings. The minimum absolute atomic E-state index is 0.329. The van der Waals surface area contributed by atoms with Crippen molar-refractivity contribution in [3.63, 3.8) is 0 Å². The summed E-state index contributed by atoms with van der Waals surface area (Å²) in [4.78, 5) is 12.3. The first-order valence-electron chi connectivity index (χ1n) is 7.33. The molecular weight excluding hydrogens is 368 g/mol. The molecule has 1 N–H and O–H groups in total. The number of methoxy groups -OCH3 is 1. The molecule has 0 saturated carbocycles. The average Bonchev–Trinajstić information content (AvgIpc) is 2.61. The molecule has 0 aromatic heterocycles. The lowest BCUT2D eigenvalue weighted by Crippen LogP contribution is -2.18. The smallest absolute Gasteiger partial charge is 0.275 e. The molecule has 4 nitrogen and oxygen atoms in total. The Balaban J connectivity index is 1.75. The number of nitrogens with zero attached hydrogens (tertiary/aromatic N) is 1. The van der Waals surface area contributed by atoms with Gasteiger partial charge in [0.25, 0.3) is 5.91 Å². The SMILES string of the molecule is COc1ccc(Br)cc1C(=O)N/N=C/c1ccc2ccccc2c1. The molecule has 1 amide bonds. The molecule has 0 heterocycles. The predicted molar refractivity (Wildman–Crippen MR) is 99.7 cm³/mol. The molecule has 3 aromatic carbocycles. The summed E-state index contributed by atoms with van der Waals surface area (Å²) in [7, 11) is 1.53. The maximum Gasteiger partial charge on any atom is 0.275 e. The Kier molecular flexibility index (Phi) is 4.91. The van der Waals surface area contributed by atoms with Crippen molar-refractivity contribution in [1.82, 2.24) is 5.43 Å². The van der Waals surface area contributed by atoms with Gasteiger partial charge >= 0.3 is 0 Å². The third kappa shape index (κ3) is 3.63. The van der Waals surface area contributed by atoms with Crippen molar-refractivity contribution >= 4 is 38.8 Å². The van der Waals surface area contributed by atoms with Gasteiger partial charge in [0.05, 0.1) is 18.9 Å². The Morgan fingerprint density at radius 2 is 1.88 bits per heavy atom. The normalized spacial score (nSPS) is 10.9. The Morgan fingerprint density at radius 1 is 1.08 bits per heavy atom. The van der Waals surface area contributed by atoms with Crippen molar-refractivity contribution in [2.45, 2.75) is 0 Å². The van der Waals surface area contributed by atoms with Gasteiger partial charge in [-0.05, 0) is 40.6 Å². The van der Waals surface area contributed by atoms with Crippen LogP contribution in [0, 0.1) is 0 Å². The van der Waals surface area contributed by atoms with Crippen LogP contribution in [-0.4, -0.2) is 19.2 Å². The summed E-state index contributed by atoms with van der Waals surface area (Å²) in [5, 5.41) is 6.33. The van der Waals surface area contributed by atoms with Gasteiger partial charge in [-0.2, -0.15) is 5.10 Å². The third-order valence-corrected chi connectivity index (χ3v) is 4.05. The van der Waals surface area contributed by atoms with Gasteiger partial charge in [0, 0.05) is 4.47 Å². The van der Waals surface area contributed by atoms with Gasteiger partial charge < -0.3 is 4.74 Å². The van der Waals surface area contributed by atoms with Crippen LogP contribution < -0.4 is 10.2 Å². The van der Waals surface area contributed by atoms with Crippen LogP contribution in [0.15, 0.2) is 70.2 Å². The van der Waals surface area contributed by atoms with E-state index >= 15 is 0 Å². The molecule has 0 spiro atoms. The highest BCUT2D eigenvalue weighted by Gasteiger charge is 2.11. The molecule has 120 valence electrons. The fraction of sp³-hybridized carbons (Fsp3) is 0.0526. The molecule has 0 atom stereocenters. The maximum absolute atomic E-state index is 12.3. The van der Waals surface area contributed by atoms with E-state index in [-0.39, 0.29) is 5.91 Å². The number of ether oxygens (including phenoxy) is 1. The summed E-state index contributed by atoms with van der Waals surface area (Å²) in [6, 6.07) is 19.3. The zero-order chi connectivity index (χ0) is 16.9. The van der Waals surface area contributed by atoms with Crippen LogP contribution in [0.25, 0.3) is 10.8 Å². The maximum atomic E-state index is 12.3. The summed E-state index contributed by atoms with van der Waals surface area (Å²) in [6.07, 6.45) is 1.62. The lowest BCUT2D eigenvalue weighted by molar-refractivity contribution is 0.0952. The van der Waals surface area contributed by atoms with E-state index in [1.165, 1.54) is 7.11 Å². The van der Waals surface area contributed by atoms with Crippen LogP contribution in [0.1, 0.15) is 15.9 Å². The summed E-state index contributed by atoms with van der Waals surface area (Å²) >= 11 is 3.35. The molecule has 0 bridgehead atoms. The van der Waals surface area contributed by atoms with Crippen LogP contribution in [0.3, 0.4) is 0 Å². The van der Waals surface area contributed by atoms with E-state index in [9.17, 15) is 4.79 Å². The molecular formula is C19H15BrN2O2. The number of carbonyl (C=O) groups is 1. The number of amides is 1. The molecule has 3 rings (SSSR count). The molecule has 0 aliphatic heterocycles. The number of fused-ring (bicyclic) bond motifs is 1. The predicted octanol–water partition coefficient (Wildman–Crippen LogP) is 4.37. The zero-order valence-electron chi connectivity index (χ0n) is 13.0. The Bertz CT molecular complexity index is 922. The number of benzene rings is 3. The molecule has 3 aromatic rings. The fourth-order valence-electron chi connectivity index (χ4n) is 2.37. The first-order chi connectivity index (χ1) is 11.7. The topological polar surface area (TPSA) is 50.7 Å². The number of rotatable bonds is 4. The largest absolute Gasteiger partial charge is 0.496 e. The third-order valence-electron chi connectivity index (χ3n) is 3.56. The number of hydrogen-bond donors (Lipinski definition) is 1. The van der Waals surface area contributed by atoms with Gasteiger partial charge in [0.2, 0.25) is 0 Å². The van der Waals surface area contributed by atoms with Crippen LogP contribution in [-0.2, 0) is 0 Å². The average molecular weight is 383 g/mol. The van der Waals surface area contributed by atoms with E-state index in [2.05, 4.69) is 32.5 Å². The number of hydrazone groups is 1. The van der Waals surface area contributed by atoms with E-state index in [0.717, 1.165) is 20.8 Å². The van der Waals surface area contributed by atoms with Crippen molar-refractivity contribution in [1.29, 1.82) is 0 Å². The van der Waals surface area contributed by atoms with Crippen molar-refractivity contribution in [2.24, 2.45) is 5.10 Å². The van der Waals surface area contributed by atoms with Crippen molar-refractivity contribution in [3.05, 3.63) is 76.3 Å². The molecule has 0 aliphatic carbocycles. The Hall–Kier alpha value is -2.66. The Morgan fingerprint density at radius 3 is 2.67 bits per heavy atom. The van der Waals surface area contributed by atoms with Crippen LogP contribution >= 0.6 is 15.9 Å². The molecule has 24 heavy (non-hydrogen) atoms. The number of carbonyl (C=O) groups excluding carboxylic acids is 1. The minimum Gasteiger partial charge on any atom is -0.496 e. The van der Waals surface area contributed by atoms with Crippen molar-refractivity contribution in [2.75, 3.05) is 7.11 Å². The second kappa shape index (κ2) is 7.27. The first kappa shape index (κ1) is 16.2. The highest BCUT2D eigenvalue weighted by atomic mass is 79.9. The highest BCUT2D eigenvalue weighted by molar-refractivity contribution is 9.10. The van der Waals surface area contributed by atoms with Gasteiger partial charge in [-0.25, -0.2) is 5.43 Å². The standard InChI is InChI=1S/C19H15BrN2O2/c1-24-18-9-8-16(20)11-17(18)19(23)22-21-12-13-6-7-14-4-2-3-5-15(14)10-13/h2-12H,1H3,(H,22,23)/b21-12+. The number of halogens is 1. The van der Waals surface area contributed by atoms with E-state index in [4.69, 9.17) is 4.74 Å². The summed E-state index contributed by atoms with van der Waals surface area (Å²) in [5.74, 6) is 0.168. The number of hydrogen-bond acceptors (Lipinski definition) is 3. The van der Waals surface area contributed by atoms with Gasteiger partial charge in [-0.1, -0.05) is 52.3 Å². The molecule has 0 fully saturated rings. The summed E-state index contributed by atoms with van der Waals surface area (Å²) in [6.45, 7) is 0. The van der Waals surface area contributed by atoms with Gasteiger partial charge in [-0.3, -0.25) is 4.79 Å². The van der Waals surface area contributed by atoms with Crippen molar-refractivity contribution in [3.8, 4) is 5.75 Å². The highest BCUT2D eigenvalue weighted by Crippen LogP contribution is 2.22. The van der Waals surface area contributed by atoms with Gasteiger partial charge in [0.1, 0.15) is 5.75 Å². The zero-order valence-corrected chi connectivity index (χ0v) is 14.6. The van der Waals surface area contributed by atoms with Crippen molar-refractivity contribution < 1.29 is 9.53 Å².